The molecule has 1 amide bonds. The maximum Gasteiger partial charge on any atom is 0.240 e. The van der Waals surface area contributed by atoms with Gasteiger partial charge in [0.15, 0.2) is 0 Å². The fourth-order valence-electron chi connectivity index (χ4n) is 4.06. The van der Waals surface area contributed by atoms with Crippen LogP contribution in [0.3, 0.4) is 0 Å². The first-order valence-corrected chi connectivity index (χ1v) is 9.15. The van der Waals surface area contributed by atoms with E-state index in [1.807, 2.05) is 23.1 Å². The molecule has 1 unspecified atom stereocenters. The van der Waals surface area contributed by atoms with E-state index in [1.54, 1.807) is 0 Å². The van der Waals surface area contributed by atoms with Gasteiger partial charge in [0.1, 0.15) is 0 Å². The second-order valence-corrected chi connectivity index (χ2v) is 7.17. The van der Waals surface area contributed by atoms with Crippen LogP contribution in [0.4, 0.5) is 5.69 Å². The Kier molecular flexibility index (Phi) is 5.84. The van der Waals surface area contributed by atoms with Gasteiger partial charge in [-0.2, -0.15) is 0 Å². The lowest BCUT2D eigenvalue weighted by Crippen LogP contribution is -2.50. The Morgan fingerprint density at radius 3 is 2.50 bits per heavy atom. The van der Waals surface area contributed by atoms with Gasteiger partial charge in [-0.25, -0.2) is 0 Å². The molecule has 2 aliphatic heterocycles. The van der Waals surface area contributed by atoms with Crippen molar-refractivity contribution in [1.29, 1.82) is 0 Å². The van der Waals surface area contributed by atoms with Crippen LogP contribution in [0.1, 0.15) is 29.5 Å². The van der Waals surface area contributed by atoms with Gasteiger partial charge >= 0.3 is 0 Å². The normalized spacial score (nSPS) is 19.7. The number of carbonyl (C=O) groups excluding carboxylic acids is 1. The highest BCUT2D eigenvalue weighted by molar-refractivity contribution is 5.85. The topological polar surface area (TPSA) is 49.6 Å². The molecule has 0 aromatic heterocycles. The van der Waals surface area contributed by atoms with Gasteiger partial charge in [-0.15, -0.1) is 12.4 Å². The summed E-state index contributed by atoms with van der Waals surface area (Å²) in [5.74, 6) is 0.288. The minimum atomic E-state index is -0.0746. The number of rotatable bonds is 3. The maximum absolute atomic E-state index is 13.1. The molecule has 2 heterocycles. The molecule has 0 radical (unpaired) electrons. The first-order chi connectivity index (χ1) is 12.2. The van der Waals surface area contributed by atoms with Crippen LogP contribution in [0.2, 0.25) is 0 Å². The average molecular weight is 372 g/mol. The van der Waals surface area contributed by atoms with Gasteiger partial charge in [-0.3, -0.25) is 9.69 Å². The monoisotopic (exact) mass is 371 g/mol. The van der Waals surface area contributed by atoms with Crippen molar-refractivity contribution in [2.75, 3.05) is 18.8 Å². The highest BCUT2D eigenvalue weighted by Crippen LogP contribution is 2.27. The number of nitrogens with two attached hydrogens (primary N) is 1. The summed E-state index contributed by atoms with van der Waals surface area (Å²) in [5, 5.41) is 0. The summed E-state index contributed by atoms with van der Waals surface area (Å²) in [6.07, 6.45) is 3.06. The summed E-state index contributed by atoms with van der Waals surface area (Å²) in [5.41, 5.74) is 10.5. The number of nitrogen functional groups attached to an aromatic ring is 1. The maximum atomic E-state index is 13.1. The molecule has 0 spiro atoms. The van der Waals surface area contributed by atoms with Crippen molar-refractivity contribution >= 4 is 24.0 Å². The van der Waals surface area contributed by atoms with E-state index in [4.69, 9.17) is 5.73 Å². The Hall–Kier alpha value is -2.04. The zero-order valence-corrected chi connectivity index (χ0v) is 15.8. The molecular formula is C21H26ClN3O. The number of hydrogen-bond acceptors (Lipinski definition) is 3. The number of anilines is 1. The number of nitrogens with zero attached hydrogens (tertiary/aromatic N) is 2. The third-order valence-corrected chi connectivity index (χ3v) is 5.39. The first kappa shape index (κ1) is 18.7. The van der Waals surface area contributed by atoms with Crippen LogP contribution in [0, 0.1) is 0 Å². The number of fused-ring (bicyclic) bond motifs is 1. The lowest BCUT2D eigenvalue weighted by atomic mass is 9.92. The molecule has 0 aliphatic carbocycles. The van der Waals surface area contributed by atoms with Crippen molar-refractivity contribution in [3.8, 4) is 0 Å². The van der Waals surface area contributed by atoms with Crippen LogP contribution in [0.5, 0.6) is 0 Å². The molecule has 2 N–H and O–H groups in total. The van der Waals surface area contributed by atoms with Crippen LogP contribution >= 0.6 is 12.4 Å². The number of likely N-dealkylation sites (tertiary alicyclic amines) is 1. The van der Waals surface area contributed by atoms with E-state index >= 15 is 0 Å². The van der Waals surface area contributed by atoms with Crippen LogP contribution in [0.15, 0.2) is 48.5 Å². The van der Waals surface area contributed by atoms with Crippen LogP contribution in [-0.4, -0.2) is 34.8 Å². The Bertz CT molecular complexity index is 773. The quantitative estimate of drug-likeness (QED) is 0.842. The molecule has 2 aliphatic rings. The molecule has 2 aromatic carbocycles. The van der Waals surface area contributed by atoms with Crippen molar-refractivity contribution in [2.45, 2.75) is 38.4 Å². The van der Waals surface area contributed by atoms with Crippen molar-refractivity contribution in [2.24, 2.45) is 0 Å². The number of benzene rings is 2. The second-order valence-electron chi connectivity index (χ2n) is 7.17. The van der Waals surface area contributed by atoms with E-state index in [-0.39, 0.29) is 24.4 Å². The van der Waals surface area contributed by atoms with Gasteiger partial charge in [0.25, 0.3) is 0 Å². The van der Waals surface area contributed by atoms with Gasteiger partial charge < -0.3 is 10.6 Å². The van der Waals surface area contributed by atoms with E-state index in [9.17, 15) is 4.79 Å². The third-order valence-electron chi connectivity index (χ3n) is 5.39. The Balaban J connectivity index is 0.00000196. The second kappa shape index (κ2) is 8.11. The van der Waals surface area contributed by atoms with Crippen molar-refractivity contribution < 1.29 is 4.79 Å². The SMILES string of the molecule is Cl.Nc1cccc(CN2Cc3ccccc3CC2C(=O)N2CCCC2)c1. The number of hydrogen-bond donors (Lipinski definition) is 1. The number of carbonyl (C=O) groups is 1. The molecule has 4 rings (SSSR count). The highest BCUT2D eigenvalue weighted by Gasteiger charge is 2.34. The lowest BCUT2D eigenvalue weighted by molar-refractivity contribution is -0.136. The van der Waals surface area contributed by atoms with E-state index in [2.05, 4.69) is 35.2 Å². The summed E-state index contributed by atoms with van der Waals surface area (Å²) in [4.78, 5) is 17.5. The van der Waals surface area contributed by atoms with E-state index < -0.39 is 0 Å². The number of amides is 1. The predicted octanol–water partition coefficient (Wildman–Crippen LogP) is 3.24. The largest absolute Gasteiger partial charge is 0.399 e. The molecule has 26 heavy (non-hydrogen) atoms. The van der Waals surface area contributed by atoms with Crippen molar-refractivity contribution in [1.82, 2.24) is 9.80 Å². The smallest absolute Gasteiger partial charge is 0.240 e. The summed E-state index contributed by atoms with van der Waals surface area (Å²) >= 11 is 0. The zero-order valence-electron chi connectivity index (χ0n) is 14.9. The summed E-state index contributed by atoms with van der Waals surface area (Å²) in [6, 6.07) is 16.4. The fraction of sp³-hybridized carbons (Fsp3) is 0.381. The van der Waals surface area contributed by atoms with Gasteiger partial charge in [0.05, 0.1) is 6.04 Å². The molecule has 0 bridgehead atoms. The Morgan fingerprint density at radius 1 is 1.04 bits per heavy atom. The zero-order chi connectivity index (χ0) is 17.2. The summed E-state index contributed by atoms with van der Waals surface area (Å²) in [6.45, 7) is 3.38. The van der Waals surface area contributed by atoms with Gasteiger partial charge in [-0.05, 0) is 48.1 Å². The van der Waals surface area contributed by atoms with E-state index in [0.29, 0.717) is 0 Å². The molecule has 1 saturated heterocycles. The van der Waals surface area contributed by atoms with E-state index in [0.717, 1.165) is 51.1 Å². The molecular weight excluding hydrogens is 346 g/mol. The Morgan fingerprint density at radius 2 is 1.77 bits per heavy atom. The lowest BCUT2D eigenvalue weighted by Gasteiger charge is -2.38. The molecule has 0 saturated carbocycles. The molecule has 1 fully saturated rings. The first-order valence-electron chi connectivity index (χ1n) is 9.15. The van der Waals surface area contributed by atoms with Crippen LogP contribution < -0.4 is 5.73 Å². The molecule has 1 atom stereocenters. The highest BCUT2D eigenvalue weighted by atomic mass is 35.5. The van der Waals surface area contributed by atoms with Crippen LogP contribution in [0.25, 0.3) is 0 Å². The average Bonchev–Trinajstić information content (AvgIpc) is 3.15. The minimum absolute atomic E-state index is 0. The Labute approximate surface area is 161 Å². The van der Waals surface area contributed by atoms with Crippen molar-refractivity contribution in [3.05, 3.63) is 65.2 Å². The molecule has 2 aromatic rings. The standard InChI is InChI=1S/C21H25N3O.ClH/c22-19-9-5-6-16(12-19)14-24-15-18-8-2-1-7-17(18)13-20(24)21(25)23-10-3-4-11-23;/h1-2,5-9,12,20H,3-4,10-11,13-15,22H2;1H. The predicted molar refractivity (Wildman–Crippen MR) is 107 cm³/mol. The van der Waals surface area contributed by atoms with Gasteiger partial charge in [-0.1, -0.05) is 36.4 Å². The van der Waals surface area contributed by atoms with E-state index in [1.165, 1.54) is 16.7 Å². The third kappa shape index (κ3) is 3.87. The van der Waals surface area contributed by atoms with Crippen molar-refractivity contribution in [3.63, 3.8) is 0 Å². The minimum Gasteiger partial charge on any atom is -0.399 e. The van der Waals surface area contributed by atoms with Crippen LogP contribution in [-0.2, 0) is 24.3 Å². The molecule has 5 heteroatoms. The van der Waals surface area contributed by atoms with Gasteiger partial charge in [0.2, 0.25) is 5.91 Å². The summed E-state index contributed by atoms with van der Waals surface area (Å²) in [7, 11) is 0. The fourth-order valence-corrected chi connectivity index (χ4v) is 4.06. The molecule has 138 valence electrons. The van der Waals surface area contributed by atoms with Gasteiger partial charge in [0, 0.05) is 31.9 Å². The summed E-state index contributed by atoms with van der Waals surface area (Å²) < 4.78 is 0. The number of halogens is 1. The molecule has 4 nitrogen and oxygen atoms in total.